The Balaban J connectivity index is 1.99. The zero-order valence-electron chi connectivity index (χ0n) is 11.5. The first-order chi connectivity index (χ1) is 10.1. The Kier molecular flexibility index (Phi) is 4.66. The second kappa shape index (κ2) is 6.65. The van der Waals surface area contributed by atoms with Crippen LogP contribution in [0.5, 0.6) is 0 Å². The first-order valence-electron chi connectivity index (χ1n) is 6.45. The normalized spacial score (nSPS) is 10.0. The predicted octanol–water partition coefficient (Wildman–Crippen LogP) is 2.12. The molecule has 108 valence electrons. The van der Waals surface area contributed by atoms with E-state index in [-0.39, 0.29) is 18.0 Å². The lowest BCUT2D eigenvalue weighted by atomic mass is 10.1. The zero-order valence-corrected chi connectivity index (χ0v) is 11.5. The van der Waals surface area contributed by atoms with E-state index in [0.29, 0.717) is 5.56 Å². The molecule has 2 rings (SSSR count). The Bertz CT molecular complexity index is 654. The summed E-state index contributed by atoms with van der Waals surface area (Å²) in [4.78, 5) is 23.2. The highest BCUT2D eigenvalue weighted by atomic mass is 19.1. The molecule has 0 fully saturated rings. The molecule has 0 bridgehead atoms. The Morgan fingerprint density at radius 1 is 1.00 bits per heavy atom. The maximum atomic E-state index is 13.4. The Morgan fingerprint density at radius 2 is 1.67 bits per heavy atom. The summed E-state index contributed by atoms with van der Waals surface area (Å²) in [6.07, 6.45) is 0. The second-order valence-electron chi connectivity index (χ2n) is 4.44. The van der Waals surface area contributed by atoms with Crippen LogP contribution in [0.4, 0.5) is 4.39 Å². The van der Waals surface area contributed by atoms with Gasteiger partial charge in [-0.3, -0.25) is 9.59 Å². The largest absolute Gasteiger partial charge is 0.355 e. The summed E-state index contributed by atoms with van der Waals surface area (Å²) < 4.78 is 13.4. The van der Waals surface area contributed by atoms with Crippen LogP contribution in [-0.4, -0.2) is 18.9 Å². The molecule has 0 saturated heterocycles. The summed E-state index contributed by atoms with van der Waals surface area (Å²) in [6, 6.07) is 12.6. The first kappa shape index (κ1) is 14.7. The third-order valence-electron chi connectivity index (χ3n) is 3.01. The molecule has 2 aromatic rings. The number of carbonyl (C=O) groups excluding carboxylic acids is 2. The van der Waals surface area contributed by atoms with Crippen LogP contribution in [0.2, 0.25) is 0 Å². The van der Waals surface area contributed by atoms with Crippen LogP contribution in [0.1, 0.15) is 26.3 Å². The molecule has 0 radical (unpaired) electrons. The molecule has 0 aromatic heterocycles. The van der Waals surface area contributed by atoms with Crippen molar-refractivity contribution in [2.45, 2.75) is 6.54 Å². The third kappa shape index (κ3) is 3.66. The molecule has 2 aromatic carbocycles. The van der Waals surface area contributed by atoms with E-state index in [2.05, 4.69) is 10.6 Å². The van der Waals surface area contributed by atoms with Gasteiger partial charge >= 0.3 is 0 Å². The third-order valence-corrected chi connectivity index (χ3v) is 3.01. The Labute approximate surface area is 122 Å². The van der Waals surface area contributed by atoms with Crippen molar-refractivity contribution < 1.29 is 14.0 Å². The van der Waals surface area contributed by atoms with Crippen LogP contribution in [0.15, 0.2) is 48.5 Å². The summed E-state index contributed by atoms with van der Waals surface area (Å²) in [6.45, 7) is 0.265. The van der Waals surface area contributed by atoms with E-state index in [9.17, 15) is 14.0 Å². The average molecular weight is 286 g/mol. The highest BCUT2D eigenvalue weighted by Crippen LogP contribution is 2.08. The second-order valence-corrected chi connectivity index (χ2v) is 4.44. The number of amides is 2. The Hall–Kier alpha value is -2.69. The molecule has 2 amide bonds. The van der Waals surface area contributed by atoms with Gasteiger partial charge in [-0.15, -0.1) is 0 Å². The lowest BCUT2D eigenvalue weighted by Crippen LogP contribution is -2.24. The lowest BCUT2D eigenvalue weighted by Gasteiger charge is -2.07. The minimum atomic E-state index is -0.551. The van der Waals surface area contributed by atoms with E-state index in [0.717, 1.165) is 5.56 Å². The number of nitrogens with one attached hydrogen (secondary N) is 2. The summed E-state index contributed by atoms with van der Waals surface area (Å²) in [7, 11) is 1.56. The predicted molar refractivity (Wildman–Crippen MR) is 77.4 cm³/mol. The maximum Gasteiger partial charge on any atom is 0.254 e. The van der Waals surface area contributed by atoms with Crippen molar-refractivity contribution in [1.29, 1.82) is 0 Å². The van der Waals surface area contributed by atoms with Gasteiger partial charge in [0, 0.05) is 19.2 Å². The zero-order chi connectivity index (χ0) is 15.2. The molecular formula is C16H15FN2O2. The van der Waals surface area contributed by atoms with Crippen LogP contribution in [-0.2, 0) is 6.54 Å². The van der Waals surface area contributed by atoms with Gasteiger partial charge in [0.2, 0.25) is 0 Å². The molecular weight excluding hydrogens is 271 g/mol. The molecule has 0 aliphatic rings. The van der Waals surface area contributed by atoms with Crippen LogP contribution in [0.25, 0.3) is 0 Å². The van der Waals surface area contributed by atoms with Crippen molar-refractivity contribution in [3.8, 4) is 0 Å². The van der Waals surface area contributed by atoms with Crippen molar-refractivity contribution in [2.24, 2.45) is 0 Å². The SMILES string of the molecule is CNC(=O)c1ccc(CNC(=O)c2ccccc2F)cc1. The van der Waals surface area contributed by atoms with E-state index < -0.39 is 11.7 Å². The minimum Gasteiger partial charge on any atom is -0.355 e. The van der Waals surface area contributed by atoms with Gasteiger partial charge in [0.1, 0.15) is 5.82 Å². The van der Waals surface area contributed by atoms with E-state index in [1.807, 2.05) is 0 Å². The van der Waals surface area contributed by atoms with E-state index in [4.69, 9.17) is 0 Å². The van der Waals surface area contributed by atoms with Crippen molar-refractivity contribution in [3.63, 3.8) is 0 Å². The first-order valence-corrected chi connectivity index (χ1v) is 6.45. The number of rotatable bonds is 4. The van der Waals surface area contributed by atoms with Crippen molar-refractivity contribution >= 4 is 11.8 Å². The molecule has 0 spiro atoms. The van der Waals surface area contributed by atoms with Crippen LogP contribution in [0, 0.1) is 5.82 Å². The van der Waals surface area contributed by atoms with Crippen LogP contribution in [0.3, 0.4) is 0 Å². The smallest absolute Gasteiger partial charge is 0.254 e. The quantitative estimate of drug-likeness (QED) is 0.904. The summed E-state index contributed by atoms with van der Waals surface area (Å²) in [5, 5.41) is 5.17. The number of hydrogen-bond donors (Lipinski definition) is 2. The molecule has 0 unspecified atom stereocenters. The molecule has 0 atom stereocenters. The topological polar surface area (TPSA) is 58.2 Å². The standard InChI is InChI=1S/C16H15FN2O2/c1-18-15(20)12-8-6-11(7-9-12)10-19-16(21)13-4-2-3-5-14(13)17/h2-9H,10H2,1H3,(H,18,20)(H,19,21). The van der Waals surface area contributed by atoms with Crippen molar-refractivity contribution in [1.82, 2.24) is 10.6 Å². The number of halogens is 1. The van der Waals surface area contributed by atoms with Gasteiger partial charge in [-0.25, -0.2) is 4.39 Å². The monoisotopic (exact) mass is 286 g/mol. The van der Waals surface area contributed by atoms with Gasteiger partial charge in [-0.2, -0.15) is 0 Å². The van der Waals surface area contributed by atoms with Gasteiger partial charge in [-0.1, -0.05) is 24.3 Å². The fraction of sp³-hybridized carbons (Fsp3) is 0.125. The van der Waals surface area contributed by atoms with Crippen LogP contribution < -0.4 is 10.6 Å². The molecule has 5 heteroatoms. The van der Waals surface area contributed by atoms with Crippen LogP contribution >= 0.6 is 0 Å². The minimum absolute atomic E-state index is 0.0134. The van der Waals surface area contributed by atoms with Gasteiger partial charge in [0.05, 0.1) is 5.56 Å². The van der Waals surface area contributed by atoms with Crippen molar-refractivity contribution in [3.05, 3.63) is 71.0 Å². The Morgan fingerprint density at radius 3 is 2.29 bits per heavy atom. The molecule has 0 saturated carbocycles. The van der Waals surface area contributed by atoms with E-state index in [1.54, 1.807) is 37.4 Å². The highest BCUT2D eigenvalue weighted by Gasteiger charge is 2.10. The van der Waals surface area contributed by atoms with Gasteiger partial charge < -0.3 is 10.6 Å². The number of hydrogen-bond acceptors (Lipinski definition) is 2. The van der Waals surface area contributed by atoms with Gasteiger partial charge in [0.15, 0.2) is 0 Å². The van der Waals surface area contributed by atoms with Gasteiger partial charge in [-0.05, 0) is 29.8 Å². The molecule has 0 aliphatic carbocycles. The summed E-state index contributed by atoms with van der Waals surface area (Å²) in [5.74, 6) is -1.19. The number of benzene rings is 2. The van der Waals surface area contributed by atoms with E-state index >= 15 is 0 Å². The van der Waals surface area contributed by atoms with Crippen molar-refractivity contribution in [2.75, 3.05) is 7.05 Å². The fourth-order valence-electron chi connectivity index (χ4n) is 1.84. The summed E-state index contributed by atoms with van der Waals surface area (Å²) in [5.41, 5.74) is 1.38. The maximum absolute atomic E-state index is 13.4. The lowest BCUT2D eigenvalue weighted by molar-refractivity contribution is 0.0942. The fourth-order valence-corrected chi connectivity index (χ4v) is 1.84. The highest BCUT2D eigenvalue weighted by molar-refractivity contribution is 5.95. The molecule has 21 heavy (non-hydrogen) atoms. The molecule has 4 nitrogen and oxygen atoms in total. The van der Waals surface area contributed by atoms with Gasteiger partial charge in [0.25, 0.3) is 11.8 Å². The van der Waals surface area contributed by atoms with E-state index in [1.165, 1.54) is 18.2 Å². The molecule has 0 aliphatic heterocycles. The number of carbonyl (C=O) groups is 2. The average Bonchev–Trinajstić information content (AvgIpc) is 2.52. The molecule has 2 N–H and O–H groups in total. The molecule has 0 heterocycles. The summed E-state index contributed by atoms with van der Waals surface area (Å²) >= 11 is 0.